The maximum Gasteiger partial charge on any atom is 0.133 e. The van der Waals surface area contributed by atoms with Crippen LogP contribution in [0.25, 0.3) is 0 Å². The molecule has 3 rings (SSSR count). The SMILES string of the molecule is CCNC(C)c1cccnc1N(CC1CC1)CC1CC1. The molecule has 110 valence electrons. The van der Waals surface area contributed by atoms with E-state index < -0.39 is 0 Å². The molecule has 0 radical (unpaired) electrons. The molecule has 0 aromatic carbocycles. The van der Waals surface area contributed by atoms with Gasteiger partial charge in [-0.25, -0.2) is 4.98 Å². The zero-order valence-electron chi connectivity index (χ0n) is 12.8. The van der Waals surface area contributed by atoms with Crippen LogP contribution in [0.4, 0.5) is 5.82 Å². The molecule has 3 heteroatoms. The number of rotatable bonds is 8. The topological polar surface area (TPSA) is 28.2 Å². The van der Waals surface area contributed by atoms with Crippen molar-refractivity contribution in [3.05, 3.63) is 23.9 Å². The highest BCUT2D eigenvalue weighted by molar-refractivity contribution is 5.48. The summed E-state index contributed by atoms with van der Waals surface area (Å²) in [5, 5.41) is 3.53. The lowest BCUT2D eigenvalue weighted by atomic mass is 10.1. The van der Waals surface area contributed by atoms with Gasteiger partial charge >= 0.3 is 0 Å². The number of nitrogens with one attached hydrogen (secondary N) is 1. The van der Waals surface area contributed by atoms with Crippen LogP contribution in [0.1, 0.15) is 51.1 Å². The summed E-state index contributed by atoms with van der Waals surface area (Å²) in [6.45, 7) is 7.83. The Morgan fingerprint density at radius 2 is 1.90 bits per heavy atom. The fraction of sp³-hybridized carbons (Fsp3) is 0.706. The molecular formula is C17H27N3. The van der Waals surface area contributed by atoms with Gasteiger partial charge in [0.2, 0.25) is 0 Å². The van der Waals surface area contributed by atoms with E-state index in [-0.39, 0.29) is 0 Å². The number of aromatic nitrogens is 1. The van der Waals surface area contributed by atoms with Gasteiger partial charge in [0.25, 0.3) is 0 Å². The van der Waals surface area contributed by atoms with Crippen molar-refractivity contribution in [3.63, 3.8) is 0 Å². The van der Waals surface area contributed by atoms with E-state index >= 15 is 0 Å². The summed E-state index contributed by atoms with van der Waals surface area (Å²) in [4.78, 5) is 7.30. The van der Waals surface area contributed by atoms with Crippen molar-refractivity contribution in [1.82, 2.24) is 10.3 Å². The van der Waals surface area contributed by atoms with E-state index in [9.17, 15) is 0 Å². The molecule has 0 amide bonds. The summed E-state index contributed by atoms with van der Waals surface area (Å²) in [6, 6.07) is 4.69. The molecule has 0 saturated heterocycles. The van der Waals surface area contributed by atoms with Gasteiger partial charge in [0.05, 0.1) is 0 Å². The smallest absolute Gasteiger partial charge is 0.133 e. The Labute approximate surface area is 122 Å². The highest BCUT2D eigenvalue weighted by atomic mass is 15.2. The number of nitrogens with zero attached hydrogens (tertiary/aromatic N) is 2. The molecule has 0 bridgehead atoms. The summed E-state index contributed by atoms with van der Waals surface area (Å²) in [5.74, 6) is 3.05. The average molecular weight is 273 g/mol. The van der Waals surface area contributed by atoms with Gasteiger partial charge in [-0.3, -0.25) is 0 Å². The minimum atomic E-state index is 0.379. The molecule has 1 heterocycles. The van der Waals surface area contributed by atoms with Gasteiger partial charge in [-0.1, -0.05) is 13.0 Å². The van der Waals surface area contributed by atoms with E-state index in [4.69, 9.17) is 4.98 Å². The zero-order valence-corrected chi connectivity index (χ0v) is 12.8. The predicted molar refractivity (Wildman–Crippen MR) is 84.0 cm³/mol. The van der Waals surface area contributed by atoms with E-state index in [2.05, 4.69) is 36.2 Å². The van der Waals surface area contributed by atoms with Crippen molar-refractivity contribution in [1.29, 1.82) is 0 Å². The van der Waals surface area contributed by atoms with E-state index in [1.54, 1.807) is 0 Å². The van der Waals surface area contributed by atoms with Gasteiger partial charge in [0.15, 0.2) is 0 Å². The third kappa shape index (κ3) is 3.51. The molecular weight excluding hydrogens is 246 g/mol. The van der Waals surface area contributed by atoms with Crippen molar-refractivity contribution < 1.29 is 0 Å². The lowest BCUT2D eigenvalue weighted by Crippen LogP contribution is -2.31. The molecule has 1 N–H and O–H groups in total. The molecule has 0 spiro atoms. The standard InChI is InChI=1S/C17H27N3/c1-3-18-13(2)16-5-4-10-19-17(16)20(11-14-6-7-14)12-15-8-9-15/h4-5,10,13-15,18H,3,6-9,11-12H2,1-2H3. The van der Waals surface area contributed by atoms with Gasteiger partial charge in [-0.15, -0.1) is 0 Å². The van der Waals surface area contributed by atoms with Crippen LogP contribution in [0, 0.1) is 11.8 Å². The quantitative estimate of drug-likeness (QED) is 0.787. The Balaban J connectivity index is 1.79. The van der Waals surface area contributed by atoms with Crippen LogP contribution in [0.3, 0.4) is 0 Å². The summed E-state index contributed by atoms with van der Waals surface area (Å²) in [5.41, 5.74) is 1.36. The number of hydrogen-bond donors (Lipinski definition) is 1. The van der Waals surface area contributed by atoms with Crippen molar-refractivity contribution in [3.8, 4) is 0 Å². The van der Waals surface area contributed by atoms with Gasteiger partial charge in [-0.05, 0) is 57.1 Å². The second-order valence-electron chi connectivity index (χ2n) is 6.49. The molecule has 2 fully saturated rings. The Bertz CT molecular complexity index is 424. The Morgan fingerprint density at radius 3 is 2.45 bits per heavy atom. The molecule has 0 aliphatic heterocycles. The molecule has 2 saturated carbocycles. The summed E-state index contributed by atoms with van der Waals surface area (Å²) in [6.07, 6.45) is 7.58. The van der Waals surface area contributed by atoms with Gasteiger partial charge in [0.1, 0.15) is 5.82 Å². The zero-order chi connectivity index (χ0) is 13.9. The van der Waals surface area contributed by atoms with Crippen molar-refractivity contribution in [2.45, 2.75) is 45.6 Å². The average Bonchev–Trinajstić information content (AvgIpc) is 3.34. The fourth-order valence-corrected chi connectivity index (χ4v) is 2.90. The van der Waals surface area contributed by atoms with Crippen LogP contribution >= 0.6 is 0 Å². The number of anilines is 1. The molecule has 20 heavy (non-hydrogen) atoms. The molecule has 2 aliphatic carbocycles. The van der Waals surface area contributed by atoms with E-state index in [1.807, 2.05) is 6.20 Å². The van der Waals surface area contributed by atoms with Crippen LogP contribution in [-0.2, 0) is 0 Å². The fourth-order valence-electron chi connectivity index (χ4n) is 2.90. The predicted octanol–water partition coefficient (Wildman–Crippen LogP) is 3.38. The highest BCUT2D eigenvalue weighted by Crippen LogP contribution is 2.36. The highest BCUT2D eigenvalue weighted by Gasteiger charge is 2.31. The maximum atomic E-state index is 4.73. The van der Waals surface area contributed by atoms with Crippen molar-refractivity contribution in [2.75, 3.05) is 24.5 Å². The third-order valence-corrected chi connectivity index (χ3v) is 4.44. The lowest BCUT2D eigenvalue weighted by molar-refractivity contribution is 0.587. The van der Waals surface area contributed by atoms with Gasteiger partial charge in [0, 0.05) is 30.9 Å². The van der Waals surface area contributed by atoms with E-state index in [0.717, 1.165) is 18.4 Å². The van der Waals surface area contributed by atoms with Crippen LogP contribution < -0.4 is 10.2 Å². The third-order valence-electron chi connectivity index (χ3n) is 4.44. The molecule has 1 atom stereocenters. The van der Waals surface area contributed by atoms with Gasteiger partial charge in [-0.2, -0.15) is 0 Å². The minimum absolute atomic E-state index is 0.379. The van der Waals surface area contributed by atoms with Crippen molar-refractivity contribution in [2.24, 2.45) is 11.8 Å². The maximum absolute atomic E-state index is 4.73. The van der Waals surface area contributed by atoms with Crippen LogP contribution in [0.15, 0.2) is 18.3 Å². The Kier molecular flexibility index (Phi) is 4.25. The molecule has 2 aliphatic rings. The lowest BCUT2D eigenvalue weighted by Gasteiger charge is -2.28. The summed E-state index contributed by atoms with van der Waals surface area (Å²) in [7, 11) is 0. The van der Waals surface area contributed by atoms with Crippen LogP contribution in [-0.4, -0.2) is 24.6 Å². The largest absolute Gasteiger partial charge is 0.356 e. The van der Waals surface area contributed by atoms with Crippen molar-refractivity contribution >= 4 is 5.82 Å². The summed E-state index contributed by atoms with van der Waals surface area (Å²) < 4.78 is 0. The number of pyridine rings is 1. The Morgan fingerprint density at radius 1 is 1.25 bits per heavy atom. The first kappa shape index (κ1) is 13.9. The number of hydrogen-bond acceptors (Lipinski definition) is 3. The molecule has 1 unspecified atom stereocenters. The normalized spacial score (nSPS) is 19.9. The molecule has 1 aromatic heterocycles. The van der Waals surface area contributed by atoms with E-state index in [0.29, 0.717) is 6.04 Å². The molecule has 1 aromatic rings. The monoisotopic (exact) mass is 273 g/mol. The summed E-state index contributed by atoms with van der Waals surface area (Å²) >= 11 is 0. The second kappa shape index (κ2) is 6.13. The first-order chi connectivity index (χ1) is 9.78. The van der Waals surface area contributed by atoms with Crippen LogP contribution in [0.5, 0.6) is 0 Å². The first-order valence-corrected chi connectivity index (χ1v) is 8.21. The van der Waals surface area contributed by atoms with Crippen LogP contribution in [0.2, 0.25) is 0 Å². The van der Waals surface area contributed by atoms with E-state index in [1.165, 1.54) is 50.2 Å². The Hall–Kier alpha value is -1.09. The molecule has 3 nitrogen and oxygen atoms in total. The minimum Gasteiger partial charge on any atom is -0.356 e. The second-order valence-corrected chi connectivity index (χ2v) is 6.49. The van der Waals surface area contributed by atoms with Gasteiger partial charge < -0.3 is 10.2 Å². The first-order valence-electron chi connectivity index (χ1n) is 8.21.